The van der Waals surface area contributed by atoms with E-state index < -0.39 is 0 Å². The van der Waals surface area contributed by atoms with E-state index in [2.05, 4.69) is 10.4 Å². The minimum Gasteiger partial charge on any atom is -0.354 e. The summed E-state index contributed by atoms with van der Waals surface area (Å²) in [4.78, 5) is 28.3. The van der Waals surface area contributed by atoms with E-state index in [1.54, 1.807) is 34.2 Å². The number of urea groups is 1. The van der Waals surface area contributed by atoms with Crippen molar-refractivity contribution in [2.24, 2.45) is 5.92 Å². The molecule has 7 nitrogen and oxygen atoms in total. The summed E-state index contributed by atoms with van der Waals surface area (Å²) in [7, 11) is 0. The maximum absolute atomic E-state index is 14.3. The fourth-order valence-corrected chi connectivity index (χ4v) is 3.85. The van der Waals surface area contributed by atoms with E-state index in [-0.39, 0.29) is 24.3 Å². The maximum atomic E-state index is 14.3. The van der Waals surface area contributed by atoms with Gasteiger partial charge in [0.25, 0.3) is 0 Å². The molecule has 30 heavy (non-hydrogen) atoms. The van der Waals surface area contributed by atoms with Crippen molar-refractivity contribution in [2.75, 3.05) is 31.1 Å². The molecule has 1 N–H and O–H groups in total. The van der Waals surface area contributed by atoms with Crippen molar-refractivity contribution in [3.63, 3.8) is 0 Å². The predicted octanol–water partition coefficient (Wildman–Crippen LogP) is 2.93. The summed E-state index contributed by atoms with van der Waals surface area (Å²) < 4.78 is 15.8. The van der Waals surface area contributed by atoms with Crippen LogP contribution in [0.5, 0.6) is 0 Å². The summed E-state index contributed by atoms with van der Waals surface area (Å²) in [6.45, 7) is 1.72. The summed E-state index contributed by atoms with van der Waals surface area (Å²) in [5.41, 5.74) is 1.78. The van der Waals surface area contributed by atoms with Crippen LogP contribution in [-0.2, 0) is 4.79 Å². The molecule has 2 fully saturated rings. The molecule has 1 aromatic heterocycles. The van der Waals surface area contributed by atoms with Gasteiger partial charge in [0.1, 0.15) is 18.0 Å². The number of nitrogens with one attached hydrogen (secondary N) is 1. The first-order chi connectivity index (χ1) is 14.6. The highest BCUT2D eigenvalue weighted by Gasteiger charge is 2.32. The molecule has 0 radical (unpaired) electrons. The van der Waals surface area contributed by atoms with Crippen molar-refractivity contribution < 1.29 is 14.0 Å². The Morgan fingerprint density at radius 2 is 1.90 bits per heavy atom. The van der Waals surface area contributed by atoms with E-state index >= 15 is 0 Å². The number of rotatable bonds is 6. The normalized spacial score (nSPS) is 16.5. The lowest BCUT2D eigenvalue weighted by molar-refractivity contribution is -0.121. The van der Waals surface area contributed by atoms with Crippen LogP contribution in [0.1, 0.15) is 12.8 Å². The van der Waals surface area contributed by atoms with Gasteiger partial charge in [0.2, 0.25) is 5.91 Å². The van der Waals surface area contributed by atoms with E-state index in [0.717, 1.165) is 5.39 Å². The number of carbonyl (C=O) groups excluding carboxylic acids is 2. The second kappa shape index (κ2) is 7.44. The van der Waals surface area contributed by atoms with E-state index in [4.69, 9.17) is 0 Å². The quantitative estimate of drug-likeness (QED) is 0.683. The van der Waals surface area contributed by atoms with Gasteiger partial charge in [0, 0.05) is 25.0 Å². The molecule has 2 aromatic carbocycles. The Bertz CT molecular complexity index is 1120. The SMILES string of the molecule is O=C(CN1CCN(c2cccc3c2cnn3-c2ccccc2F)C1=O)NCC1CC1. The van der Waals surface area contributed by atoms with Gasteiger partial charge in [-0.3, -0.25) is 9.69 Å². The molecule has 0 spiro atoms. The summed E-state index contributed by atoms with van der Waals surface area (Å²) in [5.74, 6) is 0.111. The third-order valence-electron chi connectivity index (χ3n) is 5.68. The van der Waals surface area contributed by atoms with E-state index in [0.29, 0.717) is 42.4 Å². The van der Waals surface area contributed by atoms with Gasteiger partial charge in [-0.15, -0.1) is 0 Å². The van der Waals surface area contributed by atoms with E-state index in [9.17, 15) is 14.0 Å². The number of para-hydroxylation sites is 1. The number of benzene rings is 2. The first-order valence-electron chi connectivity index (χ1n) is 10.2. The summed E-state index contributed by atoms with van der Waals surface area (Å²) in [5, 5.41) is 8.02. The lowest BCUT2D eigenvalue weighted by Crippen LogP contribution is -2.40. The molecular weight excluding hydrogens is 385 g/mol. The molecule has 0 bridgehead atoms. The fraction of sp³-hybridized carbons (Fsp3) is 0.318. The van der Waals surface area contributed by atoms with Gasteiger partial charge in [-0.2, -0.15) is 5.10 Å². The smallest absolute Gasteiger partial charge is 0.325 e. The van der Waals surface area contributed by atoms with Gasteiger partial charge >= 0.3 is 6.03 Å². The summed E-state index contributed by atoms with van der Waals surface area (Å²) in [6, 6.07) is 11.8. The zero-order valence-corrected chi connectivity index (χ0v) is 16.4. The van der Waals surface area contributed by atoms with Gasteiger partial charge in [0.05, 0.1) is 17.4 Å². The Labute approximate surface area is 173 Å². The highest BCUT2D eigenvalue weighted by Crippen LogP contribution is 2.31. The second-order valence-electron chi connectivity index (χ2n) is 7.82. The average molecular weight is 407 g/mol. The zero-order chi connectivity index (χ0) is 20.7. The number of amides is 3. The number of hydrogen-bond acceptors (Lipinski definition) is 3. The average Bonchev–Trinajstić information content (AvgIpc) is 3.38. The lowest BCUT2D eigenvalue weighted by Gasteiger charge is -2.19. The molecule has 1 saturated carbocycles. The first-order valence-corrected chi connectivity index (χ1v) is 10.2. The summed E-state index contributed by atoms with van der Waals surface area (Å²) in [6.07, 6.45) is 3.98. The molecule has 3 aromatic rings. The third-order valence-corrected chi connectivity index (χ3v) is 5.68. The molecule has 1 saturated heterocycles. The predicted molar refractivity (Wildman–Crippen MR) is 111 cm³/mol. The van der Waals surface area contributed by atoms with Crippen LogP contribution in [0.3, 0.4) is 0 Å². The van der Waals surface area contributed by atoms with Crippen molar-refractivity contribution in [3.05, 3.63) is 54.5 Å². The van der Waals surface area contributed by atoms with Gasteiger partial charge < -0.3 is 10.2 Å². The van der Waals surface area contributed by atoms with Crippen molar-refractivity contribution >= 4 is 28.5 Å². The molecule has 2 heterocycles. The van der Waals surface area contributed by atoms with E-state index in [1.807, 2.05) is 18.2 Å². The Hall–Kier alpha value is -3.42. The number of anilines is 1. The second-order valence-corrected chi connectivity index (χ2v) is 7.82. The first kappa shape index (κ1) is 18.6. The fourth-order valence-electron chi connectivity index (χ4n) is 3.85. The van der Waals surface area contributed by atoms with Crippen molar-refractivity contribution in [1.82, 2.24) is 20.0 Å². The number of hydrogen-bond donors (Lipinski definition) is 1. The van der Waals surface area contributed by atoms with Crippen molar-refractivity contribution in [3.8, 4) is 5.69 Å². The number of nitrogens with zero attached hydrogens (tertiary/aromatic N) is 4. The standard InChI is InChI=1S/C22H22FN5O2/c23-17-4-1-2-5-20(17)28-19-7-3-6-18(16(19)13-25-28)27-11-10-26(22(27)30)14-21(29)24-12-15-8-9-15/h1-7,13,15H,8-12,14H2,(H,24,29). The molecule has 2 aliphatic rings. The lowest BCUT2D eigenvalue weighted by atomic mass is 10.2. The van der Waals surface area contributed by atoms with Gasteiger partial charge in [-0.05, 0) is 43.0 Å². The Kier molecular flexibility index (Phi) is 4.61. The third kappa shape index (κ3) is 3.38. The van der Waals surface area contributed by atoms with Crippen molar-refractivity contribution in [2.45, 2.75) is 12.8 Å². The highest BCUT2D eigenvalue weighted by molar-refractivity contribution is 6.04. The number of halogens is 1. The molecular formula is C22H22FN5O2. The number of aromatic nitrogens is 2. The van der Waals surface area contributed by atoms with E-state index in [1.165, 1.54) is 23.6 Å². The number of carbonyl (C=O) groups is 2. The molecule has 3 amide bonds. The van der Waals surface area contributed by atoms with Crippen LogP contribution >= 0.6 is 0 Å². The van der Waals surface area contributed by atoms with Crippen LogP contribution in [0.25, 0.3) is 16.6 Å². The zero-order valence-electron chi connectivity index (χ0n) is 16.4. The van der Waals surface area contributed by atoms with Crippen LogP contribution in [-0.4, -0.2) is 52.8 Å². The summed E-state index contributed by atoms with van der Waals surface area (Å²) >= 11 is 0. The monoisotopic (exact) mass is 407 g/mol. The Morgan fingerprint density at radius 1 is 1.10 bits per heavy atom. The van der Waals surface area contributed by atoms with Gasteiger partial charge in [-0.25, -0.2) is 13.9 Å². The maximum Gasteiger partial charge on any atom is 0.325 e. The molecule has 0 unspecified atom stereocenters. The largest absolute Gasteiger partial charge is 0.354 e. The topological polar surface area (TPSA) is 70.5 Å². The highest BCUT2D eigenvalue weighted by atomic mass is 19.1. The Balaban J connectivity index is 1.38. The van der Waals surface area contributed by atoms with Crippen LogP contribution in [0, 0.1) is 11.7 Å². The molecule has 1 aliphatic carbocycles. The van der Waals surface area contributed by atoms with Gasteiger partial charge in [0.15, 0.2) is 0 Å². The number of fused-ring (bicyclic) bond motifs is 1. The molecule has 154 valence electrons. The minimum absolute atomic E-state index is 0.0620. The van der Waals surface area contributed by atoms with Crippen LogP contribution < -0.4 is 10.2 Å². The molecule has 1 aliphatic heterocycles. The minimum atomic E-state index is -0.367. The van der Waals surface area contributed by atoms with Crippen LogP contribution in [0.4, 0.5) is 14.9 Å². The van der Waals surface area contributed by atoms with Crippen molar-refractivity contribution in [1.29, 1.82) is 0 Å². The molecule has 5 rings (SSSR count). The Morgan fingerprint density at radius 3 is 2.70 bits per heavy atom. The van der Waals surface area contributed by atoms with Gasteiger partial charge in [-0.1, -0.05) is 18.2 Å². The molecule has 8 heteroatoms. The van der Waals surface area contributed by atoms with Crippen LogP contribution in [0.15, 0.2) is 48.7 Å². The van der Waals surface area contributed by atoms with Crippen LogP contribution in [0.2, 0.25) is 0 Å². The molecule has 0 atom stereocenters.